The van der Waals surface area contributed by atoms with Crippen molar-refractivity contribution < 1.29 is 10.2 Å². The fourth-order valence-electron chi connectivity index (χ4n) is 1.83. The number of aliphatic hydroxyl groups excluding tert-OH is 1. The Hall–Kier alpha value is -1.96. The second-order valence-corrected chi connectivity index (χ2v) is 3.81. The zero-order valence-corrected chi connectivity index (χ0v) is 11.1. The summed E-state index contributed by atoms with van der Waals surface area (Å²) in [5.41, 5.74) is 2.31. The molecule has 0 unspecified atom stereocenters. The number of allylic oxidation sites excluding steroid dienone is 5. The Kier molecular flexibility index (Phi) is 5.25. The SMILES string of the molecule is CC.Cc1cccc(O)c1C1=C(O)C=CCC=C1. The Morgan fingerprint density at radius 2 is 1.67 bits per heavy atom. The van der Waals surface area contributed by atoms with E-state index in [4.69, 9.17) is 0 Å². The van der Waals surface area contributed by atoms with Crippen LogP contribution in [-0.4, -0.2) is 10.2 Å². The Balaban J connectivity index is 0.000000771. The molecule has 0 saturated heterocycles. The molecule has 2 N–H and O–H groups in total. The standard InChI is InChI=1S/C14H14O2.C2H6/c1-10-6-5-9-13(16)14(10)11-7-3-2-4-8-12(11)15;1-2/h3-9,15-16H,2H2,1H3;1-2H3. The highest BCUT2D eigenvalue weighted by atomic mass is 16.3. The minimum Gasteiger partial charge on any atom is -0.507 e. The quantitative estimate of drug-likeness (QED) is 0.763. The molecule has 0 amide bonds. The minimum absolute atomic E-state index is 0.193. The van der Waals surface area contributed by atoms with Gasteiger partial charge >= 0.3 is 0 Å². The molecule has 2 heteroatoms. The smallest absolute Gasteiger partial charge is 0.123 e. The molecule has 0 fully saturated rings. The van der Waals surface area contributed by atoms with Crippen LogP contribution in [0.25, 0.3) is 5.57 Å². The number of phenols is 1. The second kappa shape index (κ2) is 6.70. The van der Waals surface area contributed by atoms with E-state index in [1.807, 2.05) is 45.1 Å². The normalized spacial score (nSPS) is 13.9. The molecule has 0 atom stereocenters. The van der Waals surface area contributed by atoms with Gasteiger partial charge in [0.25, 0.3) is 0 Å². The predicted molar refractivity (Wildman–Crippen MR) is 76.6 cm³/mol. The van der Waals surface area contributed by atoms with Crippen molar-refractivity contribution in [1.82, 2.24) is 0 Å². The molecule has 1 aromatic rings. The van der Waals surface area contributed by atoms with Crippen LogP contribution in [0.15, 0.2) is 48.3 Å². The number of phenolic OH excluding ortho intramolecular Hbond substituents is 1. The van der Waals surface area contributed by atoms with Gasteiger partial charge in [-0.25, -0.2) is 0 Å². The second-order valence-electron chi connectivity index (χ2n) is 3.81. The molecule has 1 aliphatic rings. The summed E-state index contributed by atoms with van der Waals surface area (Å²) in [4.78, 5) is 0. The maximum Gasteiger partial charge on any atom is 0.123 e. The molecular formula is C16H20O2. The molecule has 18 heavy (non-hydrogen) atoms. The van der Waals surface area contributed by atoms with Crippen molar-refractivity contribution >= 4 is 5.57 Å². The van der Waals surface area contributed by atoms with Gasteiger partial charge < -0.3 is 10.2 Å². The molecule has 0 radical (unpaired) electrons. The molecule has 2 nitrogen and oxygen atoms in total. The molecule has 0 aliphatic heterocycles. The minimum atomic E-state index is 0.193. The first-order valence-corrected chi connectivity index (χ1v) is 6.25. The molecule has 0 aromatic heterocycles. The summed E-state index contributed by atoms with van der Waals surface area (Å²) in [6.45, 7) is 5.91. The molecule has 0 saturated carbocycles. The molecule has 0 spiro atoms. The molecule has 2 rings (SSSR count). The lowest BCUT2D eigenvalue weighted by atomic mass is 9.98. The summed E-state index contributed by atoms with van der Waals surface area (Å²) in [6.07, 6.45) is 8.15. The summed E-state index contributed by atoms with van der Waals surface area (Å²) in [5.74, 6) is 0.389. The first-order chi connectivity index (χ1) is 8.70. The average molecular weight is 244 g/mol. The van der Waals surface area contributed by atoms with Gasteiger partial charge in [0.05, 0.1) is 0 Å². The van der Waals surface area contributed by atoms with E-state index in [9.17, 15) is 10.2 Å². The third kappa shape index (κ3) is 3.04. The van der Waals surface area contributed by atoms with Gasteiger partial charge in [-0.05, 0) is 31.1 Å². The largest absolute Gasteiger partial charge is 0.507 e. The highest BCUT2D eigenvalue weighted by molar-refractivity contribution is 5.82. The Morgan fingerprint density at radius 1 is 1.00 bits per heavy atom. The van der Waals surface area contributed by atoms with Crippen molar-refractivity contribution in [3.05, 3.63) is 59.4 Å². The summed E-state index contributed by atoms with van der Waals surface area (Å²) in [5, 5.41) is 19.7. The summed E-state index contributed by atoms with van der Waals surface area (Å²) in [7, 11) is 0. The van der Waals surface area contributed by atoms with E-state index in [1.54, 1.807) is 18.2 Å². The fourth-order valence-corrected chi connectivity index (χ4v) is 1.83. The summed E-state index contributed by atoms with van der Waals surface area (Å²) < 4.78 is 0. The van der Waals surface area contributed by atoms with Crippen molar-refractivity contribution in [2.75, 3.05) is 0 Å². The van der Waals surface area contributed by atoms with E-state index in [2.05, 4.69) is 0 Å². The van der Waals surface area contributed by atoms with Crippen LogP contribution in [0.2, 0.25) is 0 Å². The van der Waals surface area contributed by atoms with Crippen LogP contribution in [0.4, 0.5) is 0 Å². The third-order valence-electron chi connectivity index (χ3n) is 2.63. The van der Waals surface area contributed by atoms with Gasteiger partial charge in [-0.1, -0.05) is 44.2 Å². The third-order valence-corrected chi connectivity index (χ3v) is 2.63. The Labute approximate surface area is 109 Å². The number of hydrogen-bond donors (Lipinski definition) is 2. The van der Waals surface area contributed by atoms with Crippen molar-refractivity contribution in [3.8, 4) is 5.75 Å². The van der Waals surface area contributed by atoms with Gasteiger partial charge in [0.15, 0.2) is 0 Å². The zero-order valence-electron chi connectivity index (χ0n) is 11.1. The lowest BCUT2D eigenvalue weighted by Crippen LogP contribution is -1.91. The predicted octanol–water partition coefficient (Wildman–Crippen LogP) is 4.51. The summed E-state index contributed by atoms with van der Waals surface area (Å²) in [6, 6.07) is 5.34. The highest BCUT2D eigenvalue weighted by Gasteiger charge is 2.12. The maximum absolute atomic E-state index is 9.88. The van der Waals surface area contributed by atoms with Gasteiger partial charge in [0, 0.05) is 11.1 Å². The van der Waals surface area contributed by atoms with E-state index in [-0.39, 0.29) is 11.5 Å². The number of aryl methyl sites for hydroxylation is 1. The highest BCUT2D eigenvalue weighted by Crippen LogP contribution is 2.32. The van der Waals surface area contributed by atoms with Crippen LogP contribution in [0.3, 0.4) is 0 Å². The first-order valence-electron chi connectivity index (χ1n) is 6.25. The summed E-state index contributed by atoms with van der Waals surface area (Å²) >= 11 is 0. The van der Waals surface area contributed by atoms with Gasteiger partial charge in [-0.3, -0.25) is 0 Å². The Morgan fingerprint density at radius 3 is 2.33 bits per heavy atom. The van der Waals surface area contributed by atoms with E-state index < -0.39 is 0 Å². The topological polar surface area (TPSA) is 40.5 Å². The van der Waals surface area contributed by atoms with Gasteiger partial charge in [-0.2, -0.15) is 0 Å². The van der Waals surface area contributed by atoms with E-state index in [1.165, 1.54) is 0 Å². The van der Waals surface area contributed by atoms with Crippen molar-refractivity contribution in [1.29, 1.82) is 0 Å². The monoisotopic (exact) mass is 244 g/mol. The van der Waals surface area contributed by atoms with Crippen molar-refractivity contribution in [2.45, 2.75) is 27.2 Å². The van der Waals surface area contributed by atoms with Gasteiger partial charge in [-0.15, -0.1) is 0 Å². The average Bonchev–Trinajstić information content (AvgIpc) is 2.57. The maximum atomic E-state index is 9.88. The number of aliphatic hydroxyl groups is 1. The van der Waals surface area contributed by atoms with E-state index in [0.717, 1.165) is 12.0 Å². The van der Waals surface area contributed by atoms with E-state index in [0.29, 0.717) is 11.1 Å². The zero-order chi connectivity index (χ0) is 13.5. The van der Waals surface area contributed by atoms with E-state index >= 15 is 0 Å². The molecular weight excluding hydrogens is 224 g/mol. The van der Waals surface area contributed by atoms with Crippen LogP contribution in [-0.2, 0) is 0 Å². The van der Waals surface area contributed by atoms with Crippen molar-refractivity contribution in [2.24, 2.45) is 0 Å². The van der Waals surface area contributed by atoms with Crippen molar-refractivity contribution in [3.63, 3.8) is 0 Å². The number of rotatable bonds is 1. The van der Waals surface area contributed by atoms with Gasteiger partial charge in [0.1, 0.15) is 11.5 Å². The fraction of sp³-hybridized carbons (Fsp3) is 0.250. The van der Waals surface area contributed by atoms with Crippen LogP contribution in [0, 0.1) is 6.92 Å². The number of hydrogen-bond acceptors (Lipinski definition) is 2. The molecule has 96 valence electrons. The molecule has 1 aromatic carbocycles. The first kappa shape index (κ1) is 14.1. The van der Waals surface area contributed by atoms with Crippen LogP contribution in [0.1, 0.15) is 31.4 Å². The molecule has 0 bridgehead atoms. The molecule has 0 heterocycles. The van der Waals surface area contributed by atoms with Crippen LogP contribution >= 0.6 is 0 Å². The molecule has 1 aliphatic carbocycles. The van der Waals surface area contributed by atoms with Crippen LogP contribution in [0.5, 0.6) is 5.75 Å². The van der Waals surface area contributed by atoms with Gasteiger partial charge in [0.2, 0.25) is 0 Å². The Bertz CT molecular complexity index is 474. The number of benzene rings is 1. The lowest BCUT2D eigenvalue weighted by Gasteiger charge is -2.10. The lowest BCUT2D eigenvalue weighted by molar-refractivity contribution is 0.434. The van der Waals surface area contributed by atoms with Crippen LogP contribution < -0.4 is 0 Å². The number of aromatic hydroxyl groups is 1.